The molecule has 0 fully saturated rings. The van der Waals surface area contributed by atoms with Crippen molar-refractivity contribution >= 4 is 12.0 Å². The van der Waals surface area contributed by atoms with Gasteiger partial charge in [-0.1, -0.05) is 36.4 Å². The molecule has 3 rings (SSSR count). The van der Waals surface area contributed by atoms with Crippen molar-refractivity contribution in [1.82, 2.24) is 0 Å². The van der Waals surface area contributed by atoms with Crippen molar-refractivity contribution in [2.45, 2.75) is 39.2 Å². The standard InChI is InChI=1S/C23H26O4/c1-3-26-22(23(24)25-2)15-18-13-14-21(20-12-8-7-11-19(18)20)27-16-17-9-5-4-6-10-17/h4-6,9-10,13-15H,3,7-8,11-12,16H2,1-2H3/b22-15-. The van der Waals surface area contributed by atoms with Crippen LogP contribution in [0.3, 0.4) is 0 Å². The highest BCUT2D eigenvalue weighted by Crippen LogP contribution is 2.34. The van der Waals surface area contributed by atoms with E-state index < -0.39 is 5.97 Å². The summed E-state index contributed by atoms with van der Waals surface area (Å²) in [5.41, 5.74) is 4.64. The lowest BCUT2D eigenvalue weighted by Crippen LogP contribution is -2.11. The molecule has 0 amide bonds. The number of carbonyl (C=O) groups excluding carboxylic acids is 1. The second-order valence-corrected chi connectivity index (χ2v) is 6.52. The molecule has 2 aromatic rings. The second-order valence-electron chi connectivity index (χ2n) is 6.52. The zero-order valence-corrected chi connectivity index (χ0v) is 16.0. The molecule has 0 unspecified atom stereocenters. The Kier molecular flexibility index (Phi) is 6.53. The third kappa shape index (κ3) is 4.70. The first kappa shape index (κ1) is 19.0. The number of benzene rings is 2. The second kappa shape index (κ2) is 9.26. The van der Waals surface area contributed by atoms with Crippen LogP contribution in [-0.4, -0.2) is 19.7 Å². The van der Waals surface area contributed by atoms with Crippen LogP contribution in [0.25, 0.3) is 6.08 Å². The van der Waals surface area contributed by atoms with Crippen LogP contribution in [0.1, 0.15) is 42.0 Å². The highest BCUT2D eigenvalue weighted by atomic mass is 16.6. The molecule has 0 saturated heterocycles. The van der Waals surface area contributed by atoms with E-state index in [1.54, 1.807) is 6.08 Å². The van der Waals surface area contributed by atoms with Crippen molar-refractivity contribution in [2.24, 2.45) is 0 Å². The molecular weight excluding hydrogens is 340 g/mol. The molecule has 142 valence electrons. The third-order valence-electron chi connectivity index (χ3n) is 4.74. The lowest BCUT2D eigenvalue weighted by molar-refractivity contribution is -0.139. The molecular formula is C23H26O4. The van der Waals surface area contributed by atoms with Gasteiger partial charge in [0.1, 0.15) is 12.4 Å². The monoisotopic (exact) mass is 366 g/mol. The van der Waals surface area contributed by atoms with Crippen LogP contribution in [0.4, 0.5) is 0 Å². The minimum atomic E-state index is -0.453. The quantitative estimate of drug-likeness (QED) is 0.405. The zero-order valence-electron chi connectivity index (χ0n) is 16.0. The fourth-order valence-corrected chi connectivity index (χ4v) is 3.43. The van der Waals surface area contributed by atoms with Gasteiger partial charge in [-0.25, -0.2) is 4.79 Å². The average Bonchev–Trinajstić information content (AvgIpc) is 2.73. The predicted molar refractivity (Wildman–Crippen MR) is 105 cm³/mol. The van der Waals surface area contributed by atoms with Crippen molar-refractivity contribution < 1.29 is 19.0 Å². The molecule has 0 heterocycles. The van der Waals surface area contributed by atoms with E-state index >= 15 is 0 Å². The summed E-state index contributed by atoms with van der Waals surface area (Å²) < 4.78 is 16.4. The van der Waals surface area contributed by atoms with Gasteiger partial charge in [-0.05, 0) is 67.0 Å². The Hall–Kier alpha value is -2.75. The summed E-state index contributed by atoms with van der Waals surface area (Å²) >= 11 is 0. The van der Waals surface area contributed by atoms with Crippen molar-refractivity contribution in [2.75, 3.05) is 13.7 Å². The van der Waals surface area contributed by atoms with Gasteiger partial charge in [0.25, 0.3) is 0 Å². The Balaban J connectivity index is 1.90. The van der Waals surface area contributed by atoms with Gasteiger partial charge in [0.05, 0.1) is 13.7 Å². The highest BCUT2D eigenvalue weighted by Gasteiger charge is 2.19. The molecule has 4 nitrogen and oxygen atoms in total. The summed E-state index contributed by atoms with van der Waals surface area (Å²) in [7, 11) is 1.37. The van der Waals surface area contributed by atoms with Crippen molar-refractivity contribution in [3.8, 4) is 5.75 Å². The summed E-state index contributed by atoms with van der Waals surface area (Å²) in [6.07, 6.45) is 6.05. The Morgan fingerprint density at radius 3 is 2.48 bits per heavy atom. The van der Waals surface area contributed by atoms with Crippen LogP contribution < -0.4 is 4.74 Å². The van der Waals surface area contributed by atoms with Crippen LogP contribution in [0.5, 0.6) is 5.75 Å². The van der Waals surface area contributed by atoms with Gasteiger partial charge >= 0.3 is 5.97 Å². The number of rotatable bonds is 7. The van der Waals surface area contributed by atoms with Crippen molar-refractivity contribution in [1.29, 1.82) is 0 Å². The average molecular weight is 366 g/mol. The molecule has 2 aromatic carbocycles. The molecule has 27 heavy (non-hydrogen) atoms. The van der Waals surface area contributed by atoms with Crippen LogP contribution >= 0.6 is 0 Å². The van der Waals surface area contributed by atoms with Gasteiger partial charge in [-0.15, -0.1) is 0 Å². The van der Waals surface area contributed by atoms with Crippen molar-refractivity contribution in [3.05, 3.63) is 70.5 Å². The van der Waals surface area contributed by atoms with Gasteiger partial charge < -0.3 is 14.2 Å². The molecule has 0 aliphatic heterocycles. The topological polar surface area (TPSA) is 44.8 Å². The Morgan fingerprint density at radius 2 is 1.78 bits per heavy atom. The van der Waals surface area contributed by atoms with Gasteiger partial charge in [0.2, 0.25) is 5.76 Å². The summed E-state index contributed by atoms with van der Waals surface area (Å²) in [6, 6.07) is 14.2. The summed E-state index contributed by atoms with van der Waals surface area (Å²) in [5, 5.41) is 0. The number of fused-ring (bicyclic) bond motifs is 1. The van der Waals surface area contributed by atoms with Crippen LogP contribution in [0, 0.1) is 0 Å². The third-order valence-corrected chi connectivity index (χ3v) is 4.74. The van der Waals surface area contributed by atoms with Crippen molar-refractivity contribution in [3.63, 3.8) is 0 Å². The Morgan fingerprint density at radius 1 is 1.04 bits per heavy atom. The molecule has 1 aliphatic rings. The molecule has 0 radical (unpaired) electrons. The van der Waals surface area contributed by atoms with Gasteiger partial charge in [-0.3, -0.25) is 0 Å². The van der Waals surface area contributed by atoms with Gasteiger partial charge in [-0.2, -0.15) is 0 Å². The first-order valence-corrected chi connectivity index (χ1v) is 9.47. The summed E-state index contributed by atoms with van der Waals surface area (Å²) in [6.45, 7) is 2.82. The first-order valence-electron chi connectivity index (χ1n) is 9.47. The number of hydrogen-bond acceptors (Lipinski definition) is 4. The lowest BCUT2D eigenvalue weighted by atomic mass is 9.87. The number of ether oxygens (including phenoxy) is 3. The Bertz CT molecular complexity index is 809. The van der Waals surface area contributed by atoms with E-state index in [1.165, 1.54) is 18.2 Å². The molecule has 0 saturated carbocycles. The predicted octanol–water partition coefficient (Wildman–Crippen LogP) is 4.69. The number of hydrogen-bond donors (Lipinski definition) is 0. The maximum atomic E-state index is 12.0. The van der Waals surface area contributed by atoms with Crippen LogP contribution in [-0.2, 0) is 33.7 Å². The largest absolute Gasteiger partial charge is 0.489 e. The summed E-state index contributed by atoms with van der Waals surface area (Å²) in [5.74, 6) is 0.721. The van der Waals surface area contributed by atoms with Crippen LogP contribution in [0.2, 0.25) is 0 Å². The Labute approximate surface area is 160 Å². The highest BCUT2D eigenvalue weighted by molar-refractivity contribution is 5.91. The van der Waals surface area contributed by atoms with Crippen LogP contribution in [0.15, 0.2) is 48.2 Å². The fourth-order valence-electron chi connectivity index (χ4n) is 3.43. The van der Waals surface area contributed by atoms with Gasteiger partial charge in [0, 0.05) is 0 Å². The molecule has 1 aliphatic carbocycles. The SMILES string of the molecule is CCO/C(=C\c1ccc(OCc2ccccc2)c2c1CCCC2)C(=O)OC. The van der Waals surface area contributed by atoms with E-state index in [0.29, 0.717) is 13.2 Å². The number of carbonyl (C=O) groups is 1. The fraction of sp³-hybridized carbons (Fsp3) is 0.348. The van der Waals surface area contributed by atoms with E-state index in [-0.39, 0.29) is 5.76 Å². The maximum Gasteiger partial charge on any atom is 0.373 e. The molecule has 0 atom stereocenters. The normalized spacial score (nSPS) is 13.6. The first-order chi connectivity index (χ1) is 13.2. The minimum absolute atomic E-state index is 0.241. The molecule has 0 N–H and O–H groups in total. The molecule has 0 spiro atoms. The maximum absolute atomic E-state index is 12.0. The summed E-state index contributed by atoms with van der Waals surface area (Å²) in [4.78, 5) is 12.0. The van der Waals surface area contributed by atoms with E-state index in [4.69, 9.17) is 14.2 Å². The number of esters is 1. The van der Waals surface area contributed by atoms with Gasteiger partial charge in [0.15, 0.2) is 0 Å². The number of methoxy groups -OCH3 is 1. The minimum Gasteiger partial charge on any atom is -0.489 e. The zero-order chi connectivity index (χ0) is 19.1. The molecule has 0 aromatic heterocycles. The van der Waals surface area contributed by atoms with E-state index in [9.17, 15) is 4.79 Å². The van der Waals surface area contributed by atoms with E-state index in [1.807, 2.05) is 37.3 Å². The van der Waals surface area contributed by atoms with E-state index in [0.717, 1.165) is 42.6 Å². The van der Waals surface area contributed by atoms with E-state index in [2.05, 4.69) is 12.1 Å². The molecule has 0 bridgehead atoms. The molecule has 4 heteroatoms. The smallest absolute Gasteiger partial charge is 0.373 e. The lowest BCUT2D eigenvalue weighted by Gasteiger charge is -2.22.